The van der Waals surface area contributed by atoms with Crippen LogP contribution in [0.25, 0.3) is 0 Å². The highest BCUT2D eigenvalue weighted by molar-refractivity contribution is 7.90. The Morgan fingerprint density at radius 1 is 1.17 bits per heavy atom. The summed E-state index contributed by atoms with van der Waals surface area (Å²) >= 11 is 0. The summed E-state index contributed by atoms with van der Waals surface area (Å²) in [5, 5.41) is 0. The van der Waals surface area contributed by atoms with Crippen LogP contribution in [0.5, 0.6) is 0 Å². The van der Waals surface area contributed by atoms with Gasteiger partial charge in [-0.3, -0.25) is 9.79 Å². The fourth-order valence-electron chi connectivity index (χ4n) is 1.42. The smallest absolute Gasteiger partial charge is 0.175 e. The number of benzene rings is 1. The monoisotopic (exact) mass is 267 g/mol. The van der Waals surface area contributed by atoms with Gasteiger partial charge < -0.3 is 0 Å². The molecule has 0 unspecified atom stereocenters. The zero-order chi connectivity index (χ0) is 14.0. The Bertz CT molecular complexity index is 581. The average Bonchev–Trinajstić information content (AvgIpc) is 2.23. The number of aldehydes is 1. The molecule has 1 aromatic carbocycles. The molecule has 0 saturated heterocycles. The van der Waals surface area contributed by atoms with Crippen molar-refractivity contribution in [2.24, 2.45) is 4.99 Å². The summed E-state index contributed by atoms with van der Waals surface area (Å²) in [6, 6.07) is 4.90. The molecule has 0 fully saturated rings. The Hall–Kier alpha value is -1.49. The molecule has 0 atom stereocenters. The zero-order valence-corrected chi connectivity index (χ0v) is 11.8. The fraction of sp³-hybridized carbons (Fsp3) is 0.385. The van der Waals surface area contributed by atoms with Crippen LogP contribution >= 0.6 is 0 Å². The first-order chi connectivity index (χ1) is 8.14. The van der Waals surface area contributed by atoms with E-state index >= 15 is 0 Å². The molecule has 0 saturated carbocycles. The average molecular weight is 267 g/mol. The van der Waals surface area contributed by atoms with Crippen LogP contribution < -0.4 is 0 Å². The quantitative estimate of drug-likeness (QED) is 0.623. The van der Waals surface area contributed by atoms with Crippen LogP contribution in [-0.2, 0) is 20.0 Å². The summed E-state index contributed by atoms with van der Waals surface area (Å²) in [6.07, 6.45) is 2.82. The summed E-state index contributed by atoms with van der Waals surface area (Å²) in [6.45, 7) is 5.96. The predicted octanol–water partition coefficient (Wildman–Crippen LogP) is 2.29. The van der Waals surface area contributed by atoms with Gasteiger partial charge in [-0.25, -0.2) is 8.42 Å². The lowest BCUT2D eigenvalue weighted by Crippen LogP contribution is -2.12. The van der Waals surface area contributed by atoms with Gasteiger partial charge in [0.2, 0.25) is 0 Å². The first kappa shape index (κ1) is 14.6. The lowest BCUT2D eigenvalue weighted by molar-refractivity contribution is -0.102. The van der Waals surface area contributed by atoms with Crippen molar-refractivity contribution in [1.82, 2.24) is 0 Å². The molecule has 1 rings (SSSR count). The van der Waals surface area contributed by atoms with Crippen LogP contribution in [-0.4, -0.2) is 27.2 Å². The lowest BCUT2D eigenvalue weighted by atomic mass is 9.87. The third kappa shape index (κ3) is 3.77. The zero-order valence-electron chi connectivity index (χ0n) is 11.0. The van der Waals surface area contributed by atoms with E-state index in [-0.39, 0.29) is 10.3 Å². The van der Waals surface area contributed by atoms with Gasteiger partial charge in [0.25, 0.3) is 0 Å². The third-order valence-corrected chi connectivity index (χ3v) is 3.56. The van der Waals surface area contributed by atoms with Crippen molar-refractivity contribution in [3.63, 3.8) is 0 Å². The number of carbonyl (C=O) groups is 1. The minimum atomic E-state index is -3.30. The molecule has 0 N–H and O–H groups in total. The molecule has 0 heterocycles. The molecular formula is C13H17NO3S. The number of carbonyl (C=O) groups excluding carboxylic acids is 1. The van der Waals surface area contributed by atoms with Gasteiger partial charge in [0, 0.05) is 6.26 Å². The van der Waals surface area contributed by atoms with Gasteiger partial charge in [-0.2, -0.15) is 0 Å². The Balaban J connectivity index is 3.48. The van der Waals surface area contributed by atoms with E-state index in [4.69, 9.17) is 0 Å². The number of hydrogen-bond donors (Lipinski definition) is 0. The third-order valence-electron chi connectivity index (χ3n) is 2.47. The Labute approximate surface area is 108 Å². The normalized spacial score (nSPS) is 12.9. The Morgan fingerprint density at radius 2 is 1.78 bits per heavy atom. The van der Waals surface area contributed by atoms with Gasteiger partial charge >= 0.3 is 0 Å². The van der Waals surface area contributed by atoms with Gasteiger partial charge in [0.15, 0.2) is 16.1 Å². The van der Waals surface area contributed by atoms with Gasteiger partial charge in [-0.05, 0) is 29.2 Å². The van der Waals surface area contributed by atoms with Crippen LogP contribution in [0.1, 0.15) is 26.3 Å². The van der Waals surface area contributed by atoms with Gasteiger partial charge in [-0.15, -0.1) is 0 Å². The predicted molar refractivity (Wildman–Crippen MR) is 72.5 cm³/mol. The molecular weight excluding hydrogens is 250 g/mol. The molecule has 4 nitrogen and oxygen atoms in total. The van der Waals surface area contributed by atoms with Crippen molar-refractivity contribution < 1.29 is 13.2 Å². The molecule has 18 heavy (non-hydrogen) atoms. The summed E-state index contributed by atoms with van der Waals surface area (Å²) < 4.78 is 23.2. The number of rotatable bonds is 3. The van der Waals surface area contributed by atoms with Crippen LogP contribution in [0, 0.1) is 0 Å². The number of hydrogen-bond acceptors (Lipinski definition) is 4. The van der Waals surface area contributed by atoms with Gasteiger partial charge in [-0.1, -0.05) is 20.8 Å². The molecule has 0 radical (unpaired) electrons. The minimum Gasteiger partial charge on any atom is -0.297 e. The SMILES string of the molecule is CC(C)(C)c1cc(N=CC=O)cc(S(C)(=O)=O)c1. The van der Waals surface area contributed by atoms with Gasteiger partial charge in [0.1, 0.15) is 0 Å². The molecule has 98 valence electrons. The molecule has 0 aromatic heterocycles. The second-order valence-electron chi connectivity index (χ2n) is 5.15. The van der Waals surface area contributed by atoms with E-state index in [1.807, 2.05) is 20.8 Å². The maximum absolute atomic E-state index is 11.6. The Kier molecular flexibility index (Phi) is 4.06. The highest BCUT2D eigenvalue weighted by Gasteiger charge is 2.18. The molecule has 0 aliphatic rings. The first-order valence-electron chi connectivity index (χ1n) is 5.48. The molecule has 0 bridgehead atoms. The van der Waals surface area contributed by atoms with Gasteiger partial charge in [0.05, 0.1) is 16.8 Å². The van der Waals surface area contributed by atoms with E-state index in [1.165, 1.54) is 6.07 Å². The second kappa shape index (κ2) is 5.02. The minimum absolute atomic E-state index is 0.188. The van der Waals surface area contributed by atoms with Crippen molar-refractivity contribution in [1.29, 1.82) is 0 Å². The topological polar surface area (TPSA) is 63.6 Å². The van der Waals surface area contributed by atoms with Crippen LogP contribution in [0.15, 0.2) is 28.1 Å². The molecule has 1 aromatic rings. The summed E-state index contributed by atoms with van der Waals surface area (Å²) in [7, 11) is -3.30. The maximum Gasteiger partial charge on any atom is 0.175 e. The van der Waals surface area contributed by atoms with E-state index in [9.17, 15) is 13.2 Å². The standard InChI is InChI=1S/C13H17NO3S/c1-13(2,3)10-7-11(14-5-6-15)9-12(8-10)18(4,16)17/h5-9H,1-4H3. The summed E-state index contributed by atoms with van der Waals surface area (Å²) in [4.78, 5) is 14.4. The number of nitrogens with zero attached hydrogens (tertiary/aromatic N) is 1. The Morgan fingerprint density at radius 3 is 2.22 bits per heavy atom. The lowest BCUT2D eigenvalue weighted by Gasteiger charge is -2.20. The van der Waals surface area contributed by atoms with Crippen LogP contribution in [0.4, 0.5) is 5.69 Å². The first-order valence-corrected chi connectivity index (χ1v) is 7.37. The van der Waals surface area contributed by atoms with E-state index in [0.29, 0.717) is 12.0 Å². The van der Waals surface area contributed by atoms with Crippen LogP contribution in [0.2, 0.25) is 0 Å². The number of aliphatic imine (C=N–C) groups is 1. The number of sulfone groups is 1. The highest BCUT2D eigenvalue weighted by atomic mass is 32.2. The largest absolute Gasteiger partial charge is 0.297 e. The molecule has 0 amide bonds. The fourth-order valence-corrected chi connectivity index (χ4v) is 2.10. The summed E-state index contributed by atoms with van der Waals surface area (Å²) in [5.41, 5.74) is 1.14. The molecule has 5 heteroatoms. The van der Waals surface area contributed by atoms with Crippen molar-refractivity contribution in [3.05, 3.63) is 23.8 Å². The molecule has 0 aliphatic carbocycles. The second-order valence-corrected chi connectivity index (χ2v) is 7.17. The van der Waals surface area contributed by atoms with E-state index in [0.717, 1.165) is 18.0 Å². The highest BCUT2D eigenvalue weighted by Crippen LogP contribution is 2.29. The molecule has 0 spiro atoms. The van der Waals surface area contributed by atoms with E-state index < -0.39 is 9.84 Å². The van der Waals surface area contributed by atoms with Crippen LogP contribution in [0.3, 0.4) is 0 Å². The summed E-state index contributed by atoms with van der Waals surface area (Å²) in [5.74, 6) is 0. The van der Waals surface area contributed by atoms with E-state index in [1.54, 1.807) is 12.1 Å². The van der Waals surface area contributed by atoms with Crippen molar-refractivity contribution in [3.8, 4) is 0 Å². The van der Waals surface area contributed by atoms with E-state index in [2.05, 4.69) is 4.99 Å². The van der Waals surface area contributed by atoms with Crippen molar-refractivity contribution in [2.75, 3.05) is 6.26 Å². The molecule has 0 aliphatic heterocycles. The maximum atomic E-state index is 11.6. The van der Waals surface area contributed by atoms with Crippen molar-refractivity contribution in [2.45, 2.75) is 31.1 Å². The van der Waals surface area contributed by atoms with Crippen molar-refractivity contribution >= 4 is 28.0 Å².